The lowest BCUT2D eigenvalue weighted by Crippen LogP contribution is -2.47. The number of amides is 2. The molecule has 1 aliphatic heterocycles. The zero-order valence-electron chi connectivity index (χ0n) is 12.3. The molecule has 2 heterocycles. The number of aliphatic hydroxyl groups is 1. The molecule has 2 amide bonds. The minimum absolute atomic E-state index is 0.00394. The van der Waals surface area contributed by atoms with Crippen molar-refractivity contribution < 1.29 is 19.1 Å². The van der Waals surface area contributed by atoms with Crippen LogP contribution in [-0.4, -0.2) is 59.5 Å². The Bertz CT molecular complexity index is 472. The molecule has 1 fully saturated rings. The number of rotatable bonds is 4. The van der Waals surface area contributed by atoms with E-state index in [-0.39, 0.29) is 36.8 Å². The maximum atomic E-state index is 12.4. The first kappa shape index (κ1) is 15.6. The van der Waals surface area contributed by atoms with Crippen molar-refractivity contribution in [2.75, 3.05) is 26.7 Å². The van der Waals surface area contributed by atoms with Crippen LogP contribution in [0.15, 0.2) is 22.8 Å². The number of aliphatic hydroxyl groups excluding tert-OH is 1. The number of carbonyl (C=O) groups excluding carboxylic acids is 2. The van der Waals surface area contributed by atoms with Crippen molar-refractivity contribution in [2.45, 2.75) is 31.7 Å². The van der Waals surface area contributed by atoms with Crippen molar-refractivity contribution in [3.05, 3.63) is 24.2 Å². The topological polar surface area (TPSA) is 74.0 Å². The van der Waals surface area contributed by atoms with E-state index in [0.29, 0.717) is 6.54 Å². The molecule has 2 rings (SSSR count). The average molecular weight is 294 g/mol. The van der Waals surface area contributed by atoms with Gasteiger partial charge in [-0.25, -0.2) is 0 Å². The van der Waals surface area contributed by atoms with Crippen molar-refractivity contribution in [2.24, 2.45) is 0 Å². The van der Waals surface area contributed by atoms with E-state index in [1.165, 1.54) is 11.2 Å². The lowest BCUT2D eigenvalue weighted by molar-refractivity contribution is -0.134. The summed E-state index contributed by atoms with van der Waals surface area (Å²) in [5.74, 6) is -0.220. The molecule has 1 N–H and O–H groups in total. The summed E-state index contributed by atoms with van der Waals surface area (Å²) in [6.45, 7) is 0.616. The number of nitrogens with zero attached hydrogens (tertiary/aromatic N) is 2. The minimum atomic E-state index is -0.316. The van der Waals surface area contributed by atoms with Crippen LogP contribution in [0.5, 0.6) is 0 Å². The largest absolute Gasteiger partial charge is 0.459 e. The molecule has 6 nitrogen and oxygen atoms in total. The van der Waals surface area contributed by atoms with E-state index in [4.69, 9.17) is 4.42 Å². The third-order valence-electron chi connectivity index (χ3n) is 3.86. The van der Waals surface area contributed by atoms with Gasteiger partial charge >= 0.3 is 0 Å². The first-order valence-corrected chi connectivity index (χ1v) is 7.32. The van der Waals surface area contributed by atoms with Crippen LogP contribution in [0.4, 0.5) is 0 Å². The molecule has 0 aromatic carbocycles. The van der Waals surface area contributed by atoms with Gasteiger partial charge in [-0.3, -0.25) is 9.59 Å². The van der Waals surface area contributed by atoms with Crippen LogP contribution in [0.3, 0.4) is 0 Å². The third-order valence-corrected chi connectivity index (χ3v) is 3.86. The first-order chi connectivity index (χ1) is 10.1. The molecule has 0 aliphatic carbocycles. The molecule has 1 saturated heterocycles. The smallest absolute Gasteiger partial charge is 0.289 e. The van der Waals surface area contributed by atoms with Crippen LogP contribution >= 0.6 is 0 Å². The summed E-state index contributed by atoms with van der Waals surface area (Å²) < 4.78 is 5.05. The number of carbonyl (C=O) groups is 2. The standard InChI is InChI=1S/C15H22N2O4/c1-16(15(20)13-7-5-9-21-13)10-14(19)17-8-4-2-3-6-12(17)11-18/h5,7,9,12,18H,2-4,6,8,10-11H2,1H3. The molecule has 21 heavy (non-hydrogen) atoms. The van der Waals surface area contributed by atoms with Crippen LogP contribution < -0.4 is 0 Å². The van der Waals surface area contributed by atoms with Crippen LogP contribution in [0, 0.1) is 0 Å². The summed E-state index contributed by atoms with van der Waals surface area (Å²) in [5.41, 5.74) is 0. The number of likely N-dealkylation sites (tertiary alicyclic amines) is 1. The Kier molecular flexibility index (Phi) is 5.38. The predicted octanol–water partition coefficient (Wildman–Crippen LogP) is 1.12. The van der Waals surface area contributed by atoms with Gasteiger partial charge in [-0.15, -0.1) is 0 Å². The Morgan fingerprint density at radius 3 is 2.90 bits per heavy atom. The van der Waals surface area contributed by atoms with Gasteiger partial charge in [-0.05, 0) is 25.0 Å². The fourth-order valence-electron chi connectivity index (χ4n) is 2.65. The lowest BCUT2D eigenvalue weighted by Gasteiger charge is -2.30. The summed E-state index contributed by atoms with van der Waals surface area (Å²) in [4.78, 5) is 27.5. The highest BCUT2D eigenvalue weighted by Crippen LogP contribution is 2.17. The Morgan fingerprint density at radius 2 is 2.24 bits per heavy atom. The summed E-state index contributed by atoms with van der Waals surface area (Å²) in [7, 11) is 1.58. The molecule has 1 aromatic rings. The molecule has 116 valence electrons. The molecule has 1 atom stereocenters. The third kappa shape index (κ3) is 3.85. The summed E-state index contributed by atoms with van der Waals surface area (Å²) in [5, 5.41) is 9.44. The second kappa shape index (κ2) is 7.26. The minimum Gasteiger partial charge on any atom is -0.459 e. The van der Waals surface area contributed by atoms with E-state index in [1.54, 1.807) is 24.1 Å². The summed E-state index contributed by atoms with van der Waals surface area (Å²) in [6, 6.07) is 3.08. The van der Waals surface area contributed by atoms with E-state index in [1.807, 2.05) is 0 Å². The highest BCUT2D eigenvalue weighted by Gasteiger charge is 2.27. The molecule has 6 heteroatoms. The Labute approximate surface area is 124 Å². The van der Waals surface area contributed by atoms with Crippen LogP contribution in [0.2, 0.25) is 0 Å². The van der Waals surface area contributed by atoms with Crippen LogP contribution in [-0.2, 0) is 4.79 Å². The predicted molar refractivity (Wildman–Crippen MR) is 76.7 cm³/mol. The van der Waals surface area contributed by atoms with Gasteiger partial charge in [-0.1, -0.05) is 12.8 Å². The molecule has 0 radical (unpaired) electrons. The molecule has 0 bridgehead atoms. The SMILES string of the molecule is CN(CC(=O)N1CCCCCC1CO)C(=O)c1ccco1. The molecular weight excluding hydrogens is 272 g/mol. The number of furan rings is 1. The molecular formula is C15H22N2O4. The van der Waals surface area contributed by atoms with Crippen LogP contribution in [0.1, 0.15) is 36.2 Å². The first-order valence-electron chi connectivity index (χ1n) is 7.32. The molecule has 0 saturated carbocycles. The molecule has 1 aliphatic rings. The van der Waals surface area contributed by atoms with Gasteiger partial charge < -0.3 is 19.3 Å². The van der Waals surface area contributed by atoms with Crippen LogP contribution in [0.25, 0.3) is 0 Å². The van der Waals surface area contributed by atoms with Gasteiger partial charge in [0, 0.05) is 13.6 Å². The molecule has 0 spiro atoms. The van der Waals surface area contributed by atoms with Crippen molar-refractivity contribution in [3.8, 4) is 0 Å². The zero-order valence-corrected chi connectivity index (χ0v) is 12.3. The number of hydrogen-bond acceptors (Lipinski definition) is 4. The van der Waals surface area contributed by atoms with Gasteiger partial charge in [-0.2, -0.15) is 0 Å². The number of hydrogen-bond donors (Lipinski definition) is 1. The fraction of sp³-hybridized carbons (Fsp3) is 0.600. The van der Waals surface area contributed by atoms with Crippen molar-refractivity contribution in [3.63, 3.8) is 0 Å². The Balaban J connectivity index is 1.97. The maximum absolute atomic E-state index is 12.4. The average Bonchev–Trinajstić information content (AvgIpc) is 2.90. The van der Waals surface area contributed by atoms with E-state index in [2.05, 4.69) is 0 Å². The summed E-state index contributed by atoms with van der Waals surface area (Å²) >= 11 is 0. The van der Waals surface area contributed by atoms with E-state index in [9.17, 15) is 14.7 Å². The van der Waals surface area contributed by atoms with Gasteiger partial charge in [0.2, 0.25) is 5.91 Å². The van der Waals surface area contributed by atoms with Crippen molar-refractivity contribution in [1.29, 1.82) is 0 Å². The number of likely N-dealkylation sites (N-methyl/N-ethyl adjacent to an activating group) is 1. The summed E-state index contributed by atoms with van der Waals surface area (Å²) in [6.07, 6.45) is 5.28. The quantitative estimate of drug-likeness (QED) is 0.903. The zero-order chi connectivity index (χ0) is 15.2. The van der Waals surface area contributed by atoms with Gasteiger partial charge in [0.05, 0.1) is 25.5 Å². The Hall–Kier alpha value is -1.82. The maximum Gasteiger partial charge on any atom is 0.289 e. The van der Waals surface area contributed by atoms with Gasteiger partial charge in [0.1, 0.15) is 0 Å². The second-order valence-electron chi connectivity index (χ2n) is 5.41. The molecule has 1 aromatic heterocycles. The van der Waals surface area contributed by atoms with E-state index in [0.717, 1.165) is 25.7 Å². The highest BCUT2D eigenvalue weighted by atomic mass is 16.3. The van der Waals surface area contributed by atoms with E-state index < -0.39 is 0 Å². The van der Waals surface area contributed by atoms with E-state index >= 15 is 0 Å². The van der Waals surface area contributed by atoms with Crippen molar-refractivity contribution >= 4 is 11.8 Å². The van der Waals surface area contributed by atoms with Gasteiger partial charge in [0.15, 0.2) is 5.76 Å². The normalized spacial score (nSPS) is 19.1. The Morgan fingerprint density at radius 1 is 1.43 bits per heavy atom. The second-order valence-corrected chi connectivity index (χ2v) is 5.41. The fourth-order valence-corrected chi connectivity index (χ4v) is 2.65. The highest BCUT2D eigenvalue weighted by molar-refractivity contribution is 5.94. The monoisotopic (exact) mass is 294 g/mol. The lowest BCUT2D eigenvalue weighted by atomic mass is 10.1. The molecule has 1 unspecified atom stereocenters. The van der Waals surface area contributed by atoms with Crippen molar-refractivity contribution in [1.82, 2.24) is 9.80 Å². The van der Waals surface area contributed by atoms with Gasteiger partial charge in [0.25, 0.3) is 5.91 Å².